The fraction of sp³-hybridized carbons (Fsp3) is 0.185. The molecule has 2 nitrogen and oxygen atoms in total. The van der Waals surface area contributed by atoms with Crippen molar-refractivity contribution in [3.63, 3.8) is 0 Å². The maximum atomic E-state index is 4.68. The molecule has 29 heavy (non-hydrogen) atoms. The summed E-state index contributed by atoms with van der Waals surface area (Å²) in [6.07, 6.45) is 22.2. The van der Waals surface area contributed by atoms with Gasteiger partial charge in [0.1, 0.15) is 0 Å². The summed E-state index contributed by atoms with van der Waals surface area (Å²) >= 11 is 0. The average molecular weight is 374 g/mol. The molecule has 2 aromatic rings. The van der Waals surface area contributed by atoms with E-state index in [1.165, 1.54) is 38.6 Å². The highest BCUT2D eigenvalue weighted by molar-refractivity contribution is 5.97. The molecule has 0 amide bonds. The molecule has 0 heterocycles. The van der Waals surface area contributed by atoms with Crippen molar-refractivity contribution in [2.45, 2.75) is 19.4 Å². The van der Waals surface area contributed by atoms with E-state index in [9.17, 15) is 0 Å². The smallest absolute Gasteiger partial charge is 0.0888 e. The molecular formula is C27H22N2. The van der Waals surface area contributed by atoms with Crippen LogP contribution < -0.4 is 0 Å². The summed E-state index contributed by atoms with van der Waals surface area (Å²) in [4.78, 5) is 0. The Labute approximate surface area is 171 Å². The first-order valence-electron chi connectivity index (χ1n) is 10.4. The van der Waals surface area contributed by atoms with E-state index in [4.69, 9.17) is 0 Å². The molecule has 0 fully saturated rings. The van der Waals surface area contributed by atoms with Crippen molar-refractivity contribution in [3.05, 3.63) is 112 Å². The third kappa shape index (κ3) is 2.71. The number of nitrogens with zero attached hydrogens (tertiary/aromatic N) is 2. The van der Waals surface area contributed by atoms with Crippen molar-refractivity contribution >= 4 is 16.8 Å². The van der Waals surface area contributed by atoms with Gasteiger partial charge in [-0.1, -0.05) is 84.5 Å². The van der Waals surface area contributed by atoms with Crippen molar-refractivity contribution in [3.8, 4) is 0 Å². The molecule has 2 aromatic carbocycles. The maximum Gasteiger partial charge on any atom is 0.0888 e. The zero-order chi connectivity index (χ0) is 19.2. The first-order valence-corrected chi connectivity index (χ1v) is 10.4. The van der Waals surface area contributed by atoms with Crippen LogP contribution in [0.5, 0.6) is 0 Å². The van der Waals surface area contributed by atoms with Crippen LogP contribution in [0.15, 0.2) is 106 Å². The van der Waals surface area contributed by atoms with Crippen LogP contribution in [-0.2, 0) is 13.0 Å². The Morgan fingerprint density at radius 2 is 1.93 bits per heavy atom. The topological polar surface area (TPSA) is 24.7 Å². The van der Waals surface area contributed by atoms with Gasteiger partial charge in [0, 0.05) is 11.8 Å². The normalized spacial score (nSPS) is 23.8. The van der Waals surface area contributed by atoms with Gasteiger partial charge < -0.3 is 0 Å². The van der Waals surface area contributed by atoms with Gasteiger partial charge in [-0.15, -0.1) is 0 Å². The van der Waals surface area contributed by atoms with Crippen LogP contribution in [0.25, 0.3) is 16.8 Å². The van der Waals surface area contributed by atoms with E-state index in [0.29, 0.717) is 18.4 Å². The van der Waals surface area contributed by atoms with E-state index < -0.39 is 0 Å². The van der Waals surface area contributed by atoms with E-state index in [-0.39, 0.29) is 0 Å². The predicted molar refractivity (Wildman–Crippen MR) is 119 cm³/mol. The molecule has 0 radical (unpaired) electrons. The second-order valence-electron chi connectivity index (χ2n) is 8.15. The molecule has 0 saturated carbocycles. The number of azo groups is 1. The molecule has 0 bridgehead atoms. The Morgan fingerprint density at radius 3 is 2.93 bits per heavy atom. The monoisotopic (exact) mass is 374 g/mol. The van der Waals surface area contributed by atoms with Crippen LogP contribution in [0.2, 0.25) is 0 Å². The lowest BCUT2D eigenvalue weighted by Crippen LogP contribution is -2.23. The van der Waals surface area contributed by atoms with Crippen molar-refractivity contribution in [1.29, 1.82) is 0 Å². The molecule has 140 valence electrons. The summed E-state index contributed by atoms with van der Waals surface area (Å²) in [5.41, 5.74) is 7.77. The van der Waals surface area contributed by atoms with Crippen LogP contribution in [0.3, 0.4) is 0 Å². The summed E-state index contributed by atoms with van der Waals surface area (Å²) in [6.45, 7) is 0.606. The van der Waals surface area contributed by atoms with Gasteiger partial charge >= 0.3 is 0 Å². The molecule has 4 aliphatic rings. The van der Waals surface area contributed by atoms with Gasteiger partial charge in [0.2, 0.25) is 0 Å². The molecule has 0 aliphatic heterocycles. The first kappa shape index (κ1) is 16.7. The number of hydrogen-bond acceptors (Lipinski definition) is 2. The van der Waals surface area contributed by atoms with E-state index in [1.54, 1.807) is 0 Å². The number of rotatable bonds is 3. The Bertz CT molecular complexity index is 1230. The lowest BCUT2D eigenvalue weighted by Gasteiger charge is -2.34. The highest BCUT2D eigenvalue weighted by atomic mass is 15.1. The number of allylic oxidation sites excluding steroid dienone is 10. The zero-order valence-electron chi connectivity index (χ0n) is 16.3. The number of hydrogen-bond donors (Lipinski definition) is 0. The molecule has 0 N–H and O–H groups in total. The minimum atomic E-state index is 0.441. The molecule has 2 atom stereocenters. The Morgan fingerprint density at radius 1 is 0.931 bits per heavy atom. The third-order valence-electron chi connectivity index (χ3n) is 6.49. The van der Waals surface area contributed by atoms with Crippen LogP contribution in [-0.4, -0.2) is 0 Å². The summed E-state index contributed by atoms with van der Waals surface area (Å²) in [5, 5.41) is 12.0. The molecule has 4 aliphatic carbocycles. The minimum Gasteiger partial charge on any atom is -0.184 e. The maximum absolute atomic E-state index is 4.68. The van der Waals surface area contributed by atoms with Crippen molar-refractivity contribution in [1.82, 2.24) is 0 Å². The summed E-state index contributed by atoms with van der Waals surface area (Å²) < 4.78 is 0. The Kier molecular flexibility index (Phi) is 3.83. The summed E-state index contributed by atoms with van der Waals surface area (Å²) in [7, 11) is 0. The third-order valence-corrected chi connectivity index (χ3v) is 6.49. The highest BCUT2D eigenvalue weighted by Crippen LogP contribution is 2.43. The first-order chi connectivity index (χ1) is 14.4. The van der Waals surface area contributed by atoms with Crippen LogP contribution in [0.4, 0.5) is 0 Å². The molecule has 0 aromatic heterocycles. The molecule has 2 unspecified atom stereocenters. The van der Waals surface area contributed by atoms with Crippen LogP contribution >= 0.6 is 0 Å². The van der Waals surface area contributed by atoms with Gasteiger partial charge in [-0.05, 0) is 52.0 Å². The SMILES string of the molecule is C1=CC2=C(N=NCc3ccc4c5c(cccc35)CC=C4)C=CC3C=CCC(=C1)C23. The fourth-order valence-corrected chi connectivity index (χ4v) is 5.13. The number of benzene rings is 2. The lowest BCUT2D eigenvalue weighted by molar-refractivity contribution is 0.568. The van der Waals surface area contributed by atoms with E-state index in [0.717, 1.165) is 18.5 Å². The molecule has 0 saturated heterocycles. The predicted octanol–water partition coefficient (Wildman–Crippen LogP) is 6.87. The second kappa shape index (κ2) is 6.66. The van der Waals surface area contributed by atoms with Crippen LogP contribution in [0.1, 0.15) is 23.1 Å². The molecule has 2 heteroatoms. The average Bonchev–Trinajstić information content (AvgIpc) is 2.77. The van der Waals surface area contributed by atoms with E-state index >= 15 is 0 Å². The molecular weight excluding hydrogens is 352 g/mol. The lowest BCUT2D eigenvalue weighted by atomic mass is 9.70. The standard InChI is InChI=1S/C27H22N2/c1-5-18-9-3-11-23-22(14-13-20(7-1)26(18)23)17-28-29-25-16-15-21-8-2-6-19-10-4-12-24(25)27(19)21/h1-4,7-16,21,27H,5-6,17H2. The van der Waals surface area contributed by atoms with Crippen LogP contribution in [0, 0.1) is 11.8 Å². The van der Waals surface area contributed by atoms with Gasteiger partial charge in [-0.2, -0.15) is 10.2 Å². The van der Waals surface area contributed by atoms with Gasteiger partial charge in [0.05, 0.1) is 12.2 Å². The van der Waals surface area contributed by atoms with Crippen molar-refractivity contribution in [2.75, 3.05) is 0 Å². The van der Waals surface area contributed by atoms with Gasteiger partial charge in [-0.25, -0.2) is 0 Å². The molecule has 6 rings (SSSR count). The quantitative estimate of drug-likeness (QED) is 0.413. The van der Waals surface area contributed by atoms with Crippen molar-refractivity contribution in [2.24, 2.45) is 22.1 Å². The van der Waals surface area contributed by atoms with E-state index in [1.807, 2.05) is 0 Å². The van der Waals surface area contributed by atoms with E-state index in [2.05, 4.69) is 95.2 Å². The Hall–Kier alpha value is -3.26. The van der Waals surface area contributed by atoms with Gasteiger partial charge in [0.15, 0.2) is 0 Å². The van der Waals surface area contributed by atoms with Crippen molar-refractivity contribution < 1.29 is 0 Å². The second-order valence-corrected chi connectivity index (χ2v) is 8.15. The van der Waals surface area contributed by atoms with Gasteiger partial charge in [0.25, 0.3) is 0 Å². The zero-order valence-corrected chi connectivity index (χ0v) is 16.3. The fourth-order valence-electron chi connectivity index (χ4n) is 5.13. The molecule has 0 spiro atoms. The minimum absolute atomic E-state index is 0.441. The van der Waals surface area contributed by atoms with Gasteiger partial charge in [-0.3, -0.25) is 0 Å². The summed E-state index contributed by atoms with van der Waals surface area (Å²) in [5.74, 6) is 0.902. The summed E-state index contributed by atoms with van der Waals surface area (Å²) in [6, 6.07) is 11.0. The Balaban J connectivity index is 1.33. The highest BCUT2D eigenvalue weighted by Gasteiger charge is 2.31. The largest absolute Gasteiger partial charge is 0.184 e.